The molecule has 0 atom stereocenters. The fourth-order valence-electron chi connectivity index (χ4n) is 1.69. The molecule has 8 nitrogen and oxygen atoms in total. The maximum atomic E-state index is 12.0. The van der Waals surface area contributed by atoms with Crippen LogP contribution < -0.4 is 0 Å². The number of hydroxylamine groups is 2. The number of rotatable bonds is 9. The van der Waals surface area contributed by atoms with Gasteiger partial charge in [0.2, 0.25) is 0 Å². The lowest BCUT2D eigenvalue weighted by atomic mass is 10.2. The maximum Gasteiger partial charge on any atom is 0.434 e. The summed E-state index contributed by atoms with van der Waals surface area (Å²) < 4.78 is 39.1. The molecule has 0 aromatic heterocycles. The third-order valence-corrected chi connectivity index (χ3v) is 4.27. The number of amides is 1. The zero-order valence-electron chi connectivity index (χ0n) is 15.9. The Kier molecular flexibility index (Phi) is 8.48. The van der Waals surface area contributed by atoms with E-state index in [1.807, 2.05) is 6.92 Å². The molecule has 0 unspecified atom stereocenters. The molecule has 0 fully saturated rings. The first-order chi connectivity index (χ1) is 12.0. The molecule has 0 radical (unpaired) electrons. The fraction of sp³-hybridized carbons (Fsp3) is 0.588. The molecule has 9 heteroatoms. The maximum absolute atomic E-state index is 12.0. The molecule has 0 spiro atoms. The highest BCUT2D eigenvalue weighted by Gasteiger charge is 2.20. The Hall–Kier alpha value is -1.68. The summed E-state index contributed by atoms with van der Waals surface area (Å²) >= 11 is 0. The Morgan fingerprint density at radius 2 is 1.62 bits per heavy atom. The van der Waals surface area contributed by atoms with Gasteiger partial charge in [0, 0.05) is 7.05 Å². The van der Waals surface area contributed by atoms with Gasteiger partial charge < -0.3 is 9.47 Å². The molecule has 1 rings (SSSR count). The summed E-state index contributed by atoms with van der Waals surface area (Å²) in [4.78, 5) is 16.9. The minimum Gasteiger partial charge on any atom is -0.442 e. The van der Waals surface area contributed by atoms with Gasteiger partial charge in [0.25, 0.3) is 10.1 Å². The number of hydrogen-bond donors (Lipinski definition) is 0. The molecule has 1 aromatic carbocycles. The van der Waals surface area contributed by atoms with Crippen LogP contribution in [-0.4, -0.2) is 58.7 Å². The molecule has 0 bridgehead atoms. The van der Waals surface area contributed by atoms with Crippen LogP contribution in [0.4, 0.5) is 4.79 Å². The number of nitrogens with zero attached hydrogens (tertiary/aromatic N) is 1. The lowest BCUT2D eigenvalue weighted by Gasteiger charge is -2.23. The van der Waals surface area contributed by atoms with Crippen LogP contribution in [0.15, 0.2) is 29.2 Å². The Balaban J connectivity index is 2.19. The molecule has 26 heavy (non-hydrogen) atoms. The third kappa shape index (κ3) is 8.61. The first-order valence-corrected chi connectivity index (χ1v) is 9.55. The highest BCUT2D eigenvalue weighted by atomic mass is 32.2. The average Bonchev–Trinajstić information content (AvgIpc) is 2.52. The van der Waals surface area contributed by atoms with E-state index in [9.17, 15) is 13.2 Å². The van der Waals surface area contributed by atoms with Gasteiger partial charge in [0.05, 0.1) is 31.3 Å². The van der Waals surface area contributed by atoms with Crippen molar-refractivity contribution in [1.29, 1.82) is 0 Å². The predicted octanol–water partition coefficient (Wildman–Crippen LogP) is 2.52. The Bertz CT molecular complexity index is 665. The van der Waals surface area contributed by atoms with E-state index in [2.05, 4.69) is 0 Å². The molecule has 0 saturated heterocycles. The van der Waals surface area contributed by atoms with Crippen molar-refractivity contribution in [2.24, 2.45) is 0 Å². The standard InChI is InChI=1S/C17H27NO7S/c1-14-6-8-15(9-7-14)26(20,21)24-13-11-22-10-12-23-18(5)16(19)25-17(2,3)4/h6-9H,10-13H2,1-5H3. The highest BCUT2D eigenvalue weighted by molar-refractivity contribution is 7.86. The van der Waals surface area contributed by atoms with Crippen molar-refractivity contribution >= 4 is 16.2 Å². The van der Waals surface area contributed by atoms with Gasteiger partial charge in [-0.3, -0.25) is 9.02 Å². The minimum absolute atomic E-state index is 0.0740. The second kappa shape index (κ2) is 9.86. The second-order valence-electron chi connectivity index (χ2n) is 6.51. The van der Waals surface area contributed by atoms with Gasteiger partial charge in [-0.1, -0.05) is 17.7 Å². The largest absolute Gasteiger partial charge is 0.442 e. The van der Waals surface area contributed by atoms with E-state index in [0.717, 1.165) is 10.6 Å². The monoisotopic (exact) mass is 389 g/mol. The van der Waals surface area contributed by atoms with Crippen molar-refractivity contribution in [3.63, 3.8) is 0 Å². The number of benzene rings is 1. The van der Waals surface area contributed by atoms with E-state index >= 15 is 0 Å². The zero-order chi connectivity index (χ0) is 19.8. The Labute approximate surface area is 155 Å². The van der Waals surface area contributed by atoms with Crippen LogP contribution in [0.2, 0.25) is 0 Å². The lowest BCUT2D eigenvalue weighted by molar-refractivity contribution is -0.142. The quantitative estimate of drug-likeness (QED) is 0.364. The molecule has 0 aliphatic rings. The van der Waals surface area contributed by atoms with Crippen molar-refractivity contribution in [2.45, 2.75) is 38.2 Å². The van der Waals surface area contributed by atoms with Gasteiger partial charge >= 0.3 is 6.09 Å². The van der Waals surface area contributed by atoms with E-state index in [-0.39, 0.29) is 31.3 Å². The molecular weight excluding hydrogens is 362 g/mol. The molecular formula is C17H27NO7S. The number of carbonyl (C=O) groups excluding carboxylic acids is 1. The summed E-state index contributed by atoms with van der Waals surface area (Å²) in [7, 11) is -2.36. The smallest absolute Gasteiger partial charge is 0.434 e. The van der Waals surface area contributed by atoms with Crippen molar-refractivity contribution in [1.82, 2.24) is 5.06 Å². The third-order valence-electron chi connectivity index (χ3n) is 2.94. The summed E-state index contributed by atoms with van der Waals surface area (Å²) in [6.45, 7) is 7.38. The van der Waals surface area contributed by atoms with Crippen LogP contribution in [0.3, 0.4) is 0 Å². The summed E-state index contributed by atoms with van der Waals surface area (Å²) in [5.41, 5.74) is 0.356. The normalized spacial score (nSPS) is 12.0. The van der Waals surface area contributed by atoms with Crippen molar-refractivity contribution < 1.29 is 31.7 Å². The van der Waals surface area contributed by atoms with Gasteiger partial charge in [-0.2, -0.15) is 13.5 Å². The summed E-state index contributed by atoms with van der Waals surface area (Å²) in [6.07, 6.45) is -0.606. The fourth-order valence-corrected chi connectivity index (χ4v) is 2.58. The van der Waals surface area contributed by atoms with Crippen LogP contribution in [0.25, 0.3) is 0 Å². The lowest BCUT2D eigenvalue weighted by Crippen LogP contribution is -2.35. The highest BCUT2D eigenvalue weighted by Crippen LogP contribution is 2.13. The molecule has 0 saturated carbocycles. The van der Waals surface area contributed by atoms with Gasteiger partial charge in [-0.25, -0.2) is 4.79 Å². The Morgan fingerprint density at radius 3 is 2.19 bits per heavy atom. The SMILES string of the molecule is Cc1ccc(S(=O)(=O)OCCOCCON(C)C(=O)OC(C)(C)C)cc1. The van der Waals surface area contributed by atoms with Crippen LogP contribution in [0.1, 0.15) is 26.3 Å². The van der Waals surface area contributed by atoms with Crippen LogP contribution in [-0.2, 0) is 28.6 Å². The number of carbonyl (C=O) groups is 1. The number of hydrogen-bond acceptors (Lipinski definition) is 7. The van der Waals surface area contributed by atoms with Crippen LogP contribution >= 0.6 is 0 Å². The summed E-state index contributed by atoms with van der Waals surface area (Å²) in [5, 5.41) is 0.979. The molecule has 1 amide bonds. The van der Waals surface area contributed by atoms with Crippen molar-refractivity contribution in [3.8, 4) is 0 Å². The van der Waals surface area contributed by atoms with Gasteiger partial charge in [-0.15, -0.1) is 0 Å². The first kappa shape index (κ1) is 22.4. The van der Waals surface area contributed by atoms with Crippen molar-refractivity contribution in [3.05, 3.63) is 29.8 Å². The van der Waals surface area contributed by atoms with Crippen LogP contribution in [0.5, 0.6) is 0 Å². The van der Waals surface area contributed by atoms with Crippen molar-refractivity contribution in [2.75, 3.05) is 33.5 Å². The summed E-state index contributed by atoms with van der Waals surface area (Å²) in [5.74, 6) is 0. The first-order valence-electron chi connectivity index (χ1n) is 8.15. The van der Waals surface area contributed by atoms with E-state index in [1.165, 1.54) is 19.2 Å². The predicted molar refractivity (Wildman–Crippen MR) is 95.1 cm³/mol. The second-order valence-corrected chi connectivity index (χ2v) is 8.13. The number of ether oxygens (including phenoxy) is 2. The molecule has 0 aliphatic carbocycles. The molecule has 1 aromatic rings. The average molecular weight is 389 g/mol. The van der Waals surface area contributed by atoms with E-state index in [4.69, 9.17) is 18.5 Å². The van der Waals surface area contributed by atoms with E-state index in [0.29, 0.717) is 0 Å². The summed E-state index contributed by atoms with van der Waals surface area (Å²) in [6, 6.07) is 6.38. The number of aryl methyl sites for hydroxylation is 1. The topological polar surface area (TPSA) is 91.4 Å². The minimum atomic E-state index is -3.79. The van der Waals surface area contributed by atoms with Gasteiger partial charge in [-0.05, 0) is 39.8 Å². The van der Waals surface area contributed by atoms with E-state index in [1.54, 1.807) is 32.9 Å². The molecule has 148 valence electrons. The van der Waals surface area contributed by atoms with Gasteiger partial charge in [0.15, 0.2) is 0 Å². The van der Waals surface area contributed by atoms with Gasteiger partial charge in [0.1, 0.15) is 5.60 Å². The molecule has 0 aliphatic heterocycles. The van der Waals surface area contributed by atoms with E-state index < -0.39 is 21.8 Å². The molecule has 0 heterocycles. The Morgan fingerprint density at radius 1 is 1.04 bits per heavy atom. The zero-order valence-corrected chi connectivity index (χ0v) is 16.7. The van der Waals surface area contributed by atoms with Crippen LogP contribution in [0, 0.1) is 6.92 Å². The molecule has 0 N–H and O–H groups in total.